The molecule has 0 aliphatic rings. The number of methoxy groups -OCH3 is 1. The normalized spacial score (nSPS) is 10.2. The van der Waals surface area contributed by atoms with Crippen LogP contribution in [-0.4, -0.2) is 30.7 Å². The van der Waals surface area contributed by atoms with E-state index in [0.717, 1.165) is 11.3 Å². The average molecular weight is 360 g/mol. The molecule has 1 heterocycles. The molecule has 0 aliphatic heterocycles. The Morgan fingerprint density at radius 3 is 2.12 bits per heavy atom. The number of thiophene rings is 1. The zero-order valence-electron chi connectivity index (χ0n) is 13.8. The lowest BCUT2D eigenvalue weighted by Gasteiger charge is -2.05. The van der Waals surface area contributed by atoms with Crippen LogP contribution in [-0.2, 0) is 4.74 Å². The number of rotatable bonds is 5. The fourth-order valence-electron chi connectivity index (χ4n) is 2.22. The van der Waals surface area contributed by atoms with Gasteiger partial charge in [0, 0.05) is 11.1 Å². The van der Waals surface area contributed by atoms with Gasteiger partial charge in [0.1, 0.15) is 9.88 Å². The Morgan fingerprint density at radius 1 is 1.08 bits per heavy atom. The van der Waals surface area contributed by atoms with Gasteiger partial charge in [-0.1, -0.05) is 12.1 Å². The summed E-state index contributed by atoms with van der Waals surface area (Å²) in [5.41, 5.74) is 6.56. The summed E-state index contributed by atoms with van der Waals surface area (Å²) in [6.07, 6.45) is 0. The minimum Gasteiger partial charge on any atom is -0.465 e. The second-order valence-electron chi connectivity index (χ2n) is 5.20. The van der Waals surface area contributed by atoms with Crippen LogP contribution in [0.1, 0.15) is 53.2 Å². The molecule has 3 N–H and O–H groups in total. The van der Waals surface area contributed by atoms with Crippen LogP contribution >= 0.6 is 11.3 Å². The summed E-state index contributed by atoms with van der Waals surface area (Å²) in [6.45, 7) is 2.98. The van der Waals surface area contributed by atoms with Crippen LogP contribution in [0.4, 0.5) is 5.00 Å². The fourth-order valence-corrected chi connectivity index (χ4v) is 3.34. The third-order valence-corrected chi connectivity index (χ3v) is 4.73. The first-order chi connectivity index (χ1) is 11.8. The van der Waals surface area contributed by atoms with Crippen molar-refractivity contribution in [3.8, 4) is 0 Å². The van der Waals surface area contributed by atoms with E-state index in [1.54, 1.807) is 6.92 Å². The van der Waals surface area contributed by atoms with Gasteiger partial charge in [0.05, 0.1) is 12.7 Å². The highest BCUT2D eigenvalue weighted by molar-refractivity contribution is 7.18. The fraction of sp³-hybridized carbons (Fsp3) is 0.176. The summed E-state index contributed by atoms with van der Waals surface area (Å²) in [5, 5.41) is 2.76. The van der Waals surface area contributed by atoms with Crippen molar-refractivity contribution in [2.45, 2.75) is 13.8 Å². The number of anilines is 1. The average Bonchev–Trinajstić information content (AvgIpc) is 2.90. The molecule has 0 atom stereocenters. The van der Waals surface area contributed by atoms with Crippen molar-refractivity contribution in [3.63, 3.8) is 0 Å². The summed E-state index contributed by atoms with van der Waals surface area (Å²) >= 11 is 0.917. The lowest BCUT2D eigenvalue weighted by atomic mass is 10.1. The predicted octanol–water partition coefficient (Wildman–Crippen LogP) is 2.40. The quantitative estimate of drug-likeness (QED) is 0.627. The monoisotopic (exact) mass is 360 g/mol. The highest BCUT2D eigenvalue weighted by Crippen LogP contribution is 2.33. The number of amides is 2. The van der Waals surface area contributed by atoms with E-state index in [1.807, 2.05) is 0 Å². The largest absolute Gasteiger partial charge is 0.465 e. The van der Waals surface area contributed by atoms with Crippen LogP contribution in [0.5, 0.6) is 0 Å². The van der Waals surface area contributed by atoms with Crippen LogP contribution in [0.3, 0.4) is 0 Å². The van der Waals surface area contributed by atoms with Gasteiger partial charge < -0.3 is 15.8 Å². The molecule has 0 saturated carbocycles. The lowest BCUT2D eigenvalue weighted by molar-refractivity contribution is 0.0605. The first-order valence-electron chi connectivity index (χ1n) is 7.20. The van der Waals surface area contributed by atoms with Crippen molar-refractivity contribution >= 4 is 39.9 Å². The lowest BCUT2D eigenvalue weighted by Crippen LogP contribution is -2.17. The highest BCUT2D eigenvalue weighted by Gasteiger charge is 2.25. The number of hydrogen-bond acceptors (Lipinski definition) is 6. The third kappa shape index (κ3) is 3.74. The molecule has 7 nitrogen and oxygen atoms in total. The van der Waals surface area contributed by atoms with Crippen molar-refractivity contribution in [2.24, 2.45) is 5.73 Å². The second-order valence-corrected chi connectivity index (χ2v) is 6.22. The molecular formula is C17H16N2O5S. The molecule has 2 rings (SSSR count). The first-order valence-corrected chi connectivity index (χ1v) is 8.01. The molecule has 0 unspecified atom stereocenters. The Balaban J connectivity index is 2.35. The van der Waals surface area contributed by atoms with E-state index >= 15 is 0 Å². The summed E-state index contributed by atoms with van der Waals surface area (Å²) < 4.78 is 4.67. The van der Waals surface area contributed by atoms with Gasteiger partial charge in [-0.25, -0.2) is 4.79 Å². The number of ether oxygens (including phenoxy) is 1. The van der Waals surface area contributed by atoms with Gasteiger partial charge in [0.2, 0.25) is 0 Å². The van der Waals surface area contributed by atoms with E-state index in [-0.39, 0.29) is 21.2 Å². The number of nitrogens with one attached hydrogen (secondary N) is 1. The third-order valence-electron chi connectivity index (χ3n) is 3.54. The maximum atomic E-state index is 12.4. The van der Waals surface area contributed by atoms with Gasteiger partial charge >= 0.3 is 5.97 Å². The number of benzene rings is 1. The molecule has 130 valence electrons. The highest BCUT2D eigenvalue weighted by atomic mass is 32.1. The molecule has 1 aromatic heterocycles. The smallest absolute Gasteiger partial charge is 0.348 e. The minimum atomic E-state index is -0.758. The van der Waals surface area contributed by atoms with Gasteiger partial charge in [-0.15, -0.1) is 11.3 Å². The number of carbonyl (C=O) groups is 4. The maximum absolute atomic E-state index is 12.4. The molecule has 0 fully saturated rings. The number of esters is 1. The molecule has 2 amide bonds. The van der Waals surface area contributed by atoms with E-state index in [2.05, 4.69) is 10.1 Å². The number of ketones is 1. The summed E-state index contributed by atoms with van der Waals surface area (Å²) in [6, 6.07) is 6.06. The first kappa shape index (κ1) is 18.3. The van der Waals surface area contributed by atoms with Crippen molar-refractivity contribution < 1.29 is 23.9 Å². The van der Waals surface area contributed by atoms with Crippen LogP contribution in [0, 0.1) is 6.92 Å². The molecule has 0 saturated heterocycles. The number of hydrogen-bond donors (Lipinski definition) is 2. The van der Waals surface area contributed by atoms with Crippen LogP contribution < -0.4 is 11.1 Å². The van der Waals surface area contributed by atoms with Crippen LogP contribution in [0.25, 0.3) is 0 Å². The standard InChI is InChI=1S/C17H16N2O5S/c1-8-12(14(18)21)16(25-13(8)17(23)24-3)19-15(22)11-6-4-10(5-7-11)9(2)20/h4-7H,1-3H3,(H2,18,21)(H,19,22). The van der Waals surface area contributed by atoms with E-state index in [1.165, 1.54) is 38.3 Å². The van der Waals surface area contributed by atoms with Gasteiger partial charge in [-0.2, -0.15) is 0 Å². The van der Waals surface area contributed by atoms with Crippen molar-refractivity contribution in [1.29, 1.82) is 0 Å². The Hall–Kier alpha value is -3.00. The van der Waals surface area contributed by atoms with Crippen molar-refractivity contribution in [1.82, 2.24) is 0 Å². The zero-order chi connectivity index (χ0) is 18.7. The van der Waals surface area contributed by atoms with Crippen molar-refractivity contribution in [3.05, 3.63) is 51.4 Å². The van der Waals surface area contributed by atoms with Crippen LogP contribution in [0.2, 0.25) is 0 Å². The van der Waals surface area contributed by atoms with E-state index in [4.69, 9.17) is 5.73 Å². The Kier molecular flexibility index (Phi) is 5.33. The predicted molar refractivity (Wildman–Crippen MR) is 93.3 cm³/mol. The van der Waals surface area contributed by atoms with Crippen molar-refractivity contribution in [2.75, 3.05) is 12.4 Å². The summed E-state index contributed by atoms with van der Waals surface area (Å²) in [7, 11) is 1.22. The molecule has 1 aromatic carbocycles. The molecular weight excluding hydrogens is 344 g/mol. The number of primary amides is 1. The molecule has 0 radical (unpaired) electrons. The number of Topliss-reactive ketones (excluding diaryl/α,β-unsaturated/α-hetero) is 1. The SMILES string of the molecule is COC(=O)c1sc(NC(=O)c2ccc(C(C)=O)cc2)c(C(N)=O)c1C. The molecule has 8 heteroatoms. The zero-order valence-corrected chi connectivity index (χ0v) is 14.7. The minimum absolute atomic E-state index is 0.0686. The second kappa shape index (κ2) is 7.27. The van der Waals surface area contributed by atoms with E-state index in [0.29, 0.717) is 16.7 Å². The summed E-state index contributed by atoms with van der Waals surface area (Å²) in [5.74, 6) is -1.97. The molecule has 25 heavy (non-hydrogen) atoms. The summed E-state index contributed by atoms with van der Waals surface area (Å²) in [4.78, 5) is 47.3. The van der Waals surface area contributed by atoms with Gasteiger partial charge in [-0.3, -0.25) is 14.4 Å². The molecule has 0 bridgehead atoms. The Bertz CT molecular complexity index is 868. The Labute approximate surface area is 147 Å². The topological polar surface area (TPSA) is 116 Å². The van der Waals surface area contributed by atoms with Gasteiger partial charge in [0.25, 0.3) is 11.8 Å². The van der Waals surface area contributed by atoms with Crippen LogP contribution in [0.15, 0.2) is 24.3 Å². The van der Waals surface area contributed by atoms with Gasteiger partial charge in [-0.05, 0) is 31.5 Å². The molecule has 0 aliphatic carbocycles. The van der Waals surface area contributed by atoms with E-state index < -0.39 is 17.8 Å². The molecule has 0 spiro atoms. The maximum Gasteiger partial charge on any atom is 0.348 e. The molecule has 2 aromatic rings. The number of nitrogens with two attached hydrogens (primary N) is 1. The number of carbonyl (C=O) groups excluding carboxylic acids is 4. The van der Waals surface area contributed by atoms with E-state index in [9.17, 15) is 19.2 Å². The Morgan fingerprint density at radius 2 is 1.64 bits per heavy atom. The van der Waals surface area contributed by atoms with Gasteiger partial charge in [0.15, 0.2) is 5.78 Å².